The third kappa shape index (κ3) is 4.05. The average molecular weight is 563 g/mol. The van der Waals surface area contributed by atoms with E-state index in [9.17, 15) is 10.1 Å². The van der Waals surface area contributed by atoms with Gasteiger partial charge in [-0.3, -0.25) is 14.6 Å². The van der Waals surface area contributed by atoms with E-state index in [0.29, 0.717) is 30.9 Å². The van der Waals surface area contributed by atoms with Gasteiger partial charge in [0.1, 0.15) is 6.04 Å². The molecule has 10 heteroatoms. The summed E-state index contributed by atoms with van der Waals surface area (Å²) in [7, 11) is 5.39. The minimum absolute atomic E-state index is 0.0602. The molecule has 2 aromatic carbocycles. The second-order valence-electron chi connectivity index (χ2n) is 11.5. The fourth-order valence-electron chi connectivity index (χ4n) is 7.71. The predicted molar refractivity (Wildman–Crippen MR) is 150 cm³/mol. The maximum absolute atomic E-state index is 12.2. The lowest BCUT2D eigenvalue weighted by molar-refractivity contribution is -0.120. The van der Waals surface area contributed by atoms with Crippen LogP contribution in [0.2, 0.25) is 0 Å². The van der Waals surface area contributed by atoms with E-state index in [1.54, 1.807) is 14.2 Å². The first kappa shape index (κ1) is 27.6. The number of carbonyl (C=O) groups excluding carboxylic acids is 1. The van der Waals surface area contributed by atoms with Crippen molar-refractivity contribution in [3.05, 3.63) is 45.0 Å². The zero-order chi connectivity index (χ0) is 29.2. The number of nitrogens with zero attached hydrogens (tertiary/aromatic N) is 3. The van der Waals surface area contributed by atoms with Crippen molar-refractivity contribution in [2.45, 2.75) is 70.7 Å². The van der Waals surface area contributed by atoms with Crippen LogP contribution in [0.15, 0.2) is 6.07 Å². The van der Waals surface area contributed by atoms with Crippen LogP contribution in [0.25, 0.3) is 0 Å². The lowest BCUT2D eigenvalue weighted by Gasteiger charge is -2.60. The number of amides is 1. The van der Waals surface area contributed by atoms with Crippen LogP contribution >= 0.6 is 0 Å². The molecule has 0 spiro atoms. The normalized spacial score (nSPS) is 26.0. The van der Waals surface area contributed by atoms with Crippen molar-refractivity contribution in [1.82, 2.24) is 15.1 Å². The average Bonchev–Trinajstić information content (AvgIpc) is 3.43. The number of rotatable bonds is 6. The van der Waals surface area contributed by atoms with Gasteiger partial charge in [0.05, 0.1) is 25.3 Å². The van der Waals surface area contributed by atoms with Crippen LogP contribution in [-0.2, 0) is 22.4 Å². The SMILES string of the molecule is COCOc1c(OC)c(C)cc2c1C1C3Cc4c(C)c(C)c5c(c4[C@H](CNC(C)=O)N3[C@@H](C#N)[C@@H](C2)N1C)OCO5. The lowest BCUT2D eigenvalue weighted by atomic mass is 9.71. The molecule has 4 aliphatic rings. The summed E-state index contributed by atoms with van der Waals surface area (Å²) < 4.78 is 29.5. The first-order valence-corrected chi connectivity index (χ1v) is 14.1. The highest BCUT2D eigenvalue weighted by Crippen LogP contribution is 2.57. The number of ether oxygens (including phenoxy) is 5. The minimum atomic E-state index is -0.411. The van der Waals surface area contributed by atoms with Crippen molar-refractivity contribution < 1.29 is 28.5 Å². The zero-order valence-electron chi connectivity index (χ0n) is 24.8. The number of benzene rings is 2. The number of nitriles is 1. The summed E-state index contributed by atoms with van der Waals surface area (Å²) in [6.45, 7) is 8.36. The van der Waals surface area contributed by atoms with E-state index in [0.717, 1.165) is 39.3 Å². The number of piperazine rings is 1. The Morgan fingerprint density at radius 3 is 2.54 bits per heavy atom. The Balaban J connectivity index is 1.60. The highest BCUT2D eigenvalue weighted by atomic mass is 16.7. The summed E-state index contributed by atoms with van der Waals surface area (Å²) in [5.41, 5.74) is 7.66. The van der Waals surface area contributed by atoms with E-state index in [-0.39, 0.29) is 43.7 Å². The number of carbonyl (C=O) groups is 1. The third-order valence-electron chi connectivity index (χ3n) is 9.51. The van der Waals surface area contributed by atoms with E-state index in [1.807, 2.05) is 6.92 Å². The monoisotopic (exact) mass is 562 g/mol. The van der Waals surface area contributed by atoms with Crippen LogP contribution < -0.4 is 24.3 Å². The first-order valence-electron chi connectivity index (χ1n) is 14.1. The number of likely N-dealkylation sites (N-methyl/N-ethyl adjacent to an activating group) is 1. The molecule has 5 atom stereocenters. The summed E-state index contributed by atoms with van der Waals surface area (Å²) >= 11 is 0. The molecular weight excluding hydrogens is 524 g/mol. The standard InChI is InChI=1S/C31H38N4O6/c1-15-8-19-9-21-23(11-32)35-22(27(34(21)5)25(19)30(28(15)38-7)39-13-37-6)10-20-16(2)17(3)29-31(41-14-40-29)26(20)24(35)12-33-18(4)36/h8,21-24,27H,9-10,12-14H2,1-7H3,(H,33,36)/t21-,22?,23+,24+,27?/m1/s1. The highest BCUT2D eigenvalue weighted by molar-refractivity contribution is 5.73. The molecule has 1 N–H and O–H groups in total. The summed E-state index contributed by atoms with van der Waals surface area (Å²) in [5, 5.41) is 13.8. The Bertz CT molecular complexity index is 1450. The van der Waals surface area contributed by atoms with Crippen molar-refractivity contribution in [2.75, 3.05) is 41.4 Å². The first-order chi connectivity index (χ1) is 19.7. The van der Waals surface area contributed by atoms with E-state index < -0.39 is 6.04 Å². The fraction of sp³-hybridized carbons (Fsp3) is 0.548. The van der Waals surface area contributed by atoms with Gasteiger partial charge in [-0.25, -0.2) is 0 Å². The molecular formula is C31H38N4O6. The van der Waals surface area contributed by atoms with Gasteiger partial charge >= 0.3 is 0 Å². The number of methoxy groups -OCH3 is 2. The summed E-state index contributed by atoms with van der Waals surface area (Å²) in [6, 6.07) is 3.94. The third-order valence-corrected chi connectivity index (χ3v) is 9.51. The maximum Gasteiger partial charge on any atom is 0.231 e. The molecule has 1 saturated heterocycles. The molecule has 0 aliphatic carbocycles. The van der Waals surface area contributed by atoms with Crippen molar-refractivity contribution in [2.24, 2.45) is 0 Å². The van der Waals surface area contributed by atoms with Gasteiger partial charge in [0.2, 0.25) is 12.7 Å². The van der Waals surface area contributed by atoms with Gasteiger partial charge in [0.15, 0.2) is 29.8 Å². The summed E-state index contributed by atoms with van der Waals surface area (Å²) in [5.74, 6) is 2.77. The second kappa shape index (κ2) is 10.4. The van der Waals surface area contributed by atoms with E-state index in [4.69, 9.17) is 23.7 Å². The fourth-order valence-corrected chi connectivity index (χ4v) is 7.71. The van der Waals surface area contributed by atoms with E-state index in [1.165, 1.54) is 18.1 Å². The Hall–Kier alpha value is -3.52. The molecule has 0 radical (unpaired) electrons. The quantitative estimate of drug-likeness (QED) is 0.531. The van der Waals surface area contributed by atoms with Crippen molar-refractivity contribution >= 4 is 5.91 Å². The molecule has 10 nitrogen and oxygen atoms in total. The number of hydrogen-bond acceptors (Lipinski definition) is 9. The van der Waals surface area contributed by atoms with Gasteiger partial charge < -0.3 is 29.0 Å². The van der Waals surface area contributed by atoms with Crippen LogP contribution in [0.3, 0.4) is 0 Å². The maximum atomic E-state index is 12.2. The van der Waals surface area contributed by atoms with Gasteiger partial charge in [0, 0.05) is 43.8 Å². The Kier molecular flexibility index (Phi) is 7.00. The molecule has 2 unspecified atom stereocenters. The minimum Gasteiger partial charge on any atom is -0.493 e. The van der Waals surface area contributed by atoms with Crippen molar-refractivity contribution in [3.63, 3.8) is 0 Å². The molecule has 4 aliphatic heterocycles. The number of fused-ring (bicyclic) bond motifs is 9. The summed E-state index contributed by atoms with van der Waals surface area (Å²) in [6.07, 6.45) is 1.39. The van der Waals surface area contributed by atoms with E-state index in [2.05, 4.69) is 48.1 Å². The number of nitrogens with one attached hydrogen (secondary N) is 1. The van der Waals surface area contributed by atoms with Gasteiger partial charge in [-0.15, -0.1) is 0 Å². The molecule has 1 fully saturated rings. The predicted octanol–water partition coefficient (Wildman–Crippen LogP) is 3.24. The number of aryl methyl sites for hydroxylation is 1. The van der Waals surface area contributed by atoms with Crippen LogP contribution in [0.4, 0.5) is 0 Å². The molecule has 4 heterocycles. The van der Waals surface area contributed by atoms with Crippen LogP contribution in [0.1, 0.15) is 58.0 Å². The summed E-state index contributed by atoms with van der Waals surface area (Å²) in [4.78, 5) is 16.9. The second-order valence-corrected chi connectivity index (χ2v) is 11.5. The molecule has 2 bridgehead atoms. The van der Waals surface area contributed by atoms with Gasteiger partial charge in [-0.2, -0.15) is 5.26 Å². The van der Waals surface area contributed by atoms with Crippen molar-refractivity contribution in [1.29, 1.82) is 5.26 Å². The zero-order valence-corrected chi connectivity index (χ0v) is 24.8. The molecule has 2 aromatic rings. The molecule has 41 heavy (non-hydrogen) atoms. The Labute approximate surface area is 241 Å². The molecule has 218 valence electrons. The smallest absolute Gasteiger partial charge is 0.231 e. The van der Waals surface area contributed by atoms with Crippen LogP contribution in [0, 0.1) is 32.1 Å². The molecule has 0 aromatic heterocycles. The largest absolute Gasteiger partial charge is 0.493 e. The van der Waals surface area contributed by atoms with E-state index >= 15 is 0 Å². The lowest BCUT2D eigenvalue weighted by Crippen LogP contribution is -2.68. The molecule has 1 amide bonds. The van der Waals surface area contributed by atoms with Crippen LogP contribution in [-0.4, -0.2) is 75.2 Å². The van der Waals surface area contributed by atoms with Crippen LogP contribution in [0.5, 0.6) is 23.0 Å². The number of hydrogen-bond donors (Lipinski definition) is 1. The van der Waals surface area contributed by atoms with Gasteiger partial charge in [0.25, 0.3) is 0 Å². The van der Waals surface area contributed by atoms with Gasteiger partial charge in [-0.1, -0.05) is 6.07 Å². The Morgan fingerprint density at radius 1 is 1.10 bits per heavy atom. The van der Waals surface area contributed by atoms with Gasteiger partial charge in [-0.05, 0) is 68.5 Å². The Morgan fingerprint density at radius 2 is 1.85 bits per heavy atom. The van der Waals surface area contributed by atoms with Crippen molar-refractivity contribution in [3.8, 4) is 29.1 Å². The topological polar surface area (TPSA) is 106 Å². The highest BCUT2D eigenvalue weighted by Gasteiger charge is 2.56. The molecule has 6 rings (SSSR count). The molecule has 0 saturated carbocycles.